The Morgan fingerprint density at radius 3 is 2.43 bits per heavy atom. The molecule has 51 heavy (non-hydrogen) atoms. The van der Waals surface area contributed by atoms with Crippen LogP contribution in [0.2, 0.25) is 0 Å². The number of fused-ring (bicyclic) bond motifs is 2. The van der Waals surface area contributed by atoms with Crippen LogP contribution in [-0.4, -0.2) is 42.5 Å². The average Bonchev–Trinajstić information content (AvgIpc) is 3.67. The molecule has 11 heteroatoms. The lowest BCUT2D eigenvalue weighted by Crippen LogP contribution is -2.40. The monoisotopic (exact) mass is 703 g/mol. The van der Waals surface area contributed by atoms with Crippen molar-refractivity contribution < 1.29 is 28.1 Å². The molecule has 1 unspecified atom stereocenters. The molecule has 7 rings (SSSR count). The summed E-state index contributed by atoms with van der Waals surface area (Å²) in [6, 6.07) is 27.6. The third-order valence-corrected chi connectivity index (χ3v) is 9.61. The molecule has 1 atom stereocenters. The molecule has 4 aromatic carbocycles. The van der Waals surface area contributed by atoms with Crippen molar-refractivity contribution in [3.8, 4) is 17.2 Å². The van der Waals surface area contributed by atoms with Gasteiger partial charge in [-0.15, -0.1) is 0 Å². The summed E-state index contributed by atoms with van der Waals surface area (Å²) in [5.74, 6) is 0.669. The average molecular weight is 704 g/mol. The number of ether oxygens (including phenoxy) is 4. The van der Waals surface area contributed by atoms with E-state index in [1.165, 1.54) is 23.5 Å². The molecule has 0 fully saturated rings. The van der Waals surface area contributed by atoms with E-state index >= 15 is 0 Å². The van der Waals surface area contributed by atoms with Crippen LogP contribution in [0.5, 0.6) is 17.2 Å². The lowest BCUT2D eigenvalue weighted by molar-refractivity contribution is -0.138. The molecule has 9 nitrogen and oxygen atoms in total. The number of aromatic nitrogens is 2. The second-order valence-corrected chi connectivity index (χ2v) is 12.6. The first-order valence-electron chi connectivity index (χ1n) is 16.4. The minimum absolute atomic E-state index is 0.135. The van der Waals surface area contributed by atoms with Crippen LogP contribution < -0.4 is 29.1 Å². The van der Waals surface area contributed by atoms with E-state index in [2.05, 4.69) is 4.57 Å². The van der Waals surface area contributed by atoms with Crippen LogP contribution in [0.3, 0.4) is 0 Å². The minimum atomic E-state index is -0.937. The third kappa shape index (κ3) is 6.55. The summed E-state index contributed by atoms with van der Waals surface area (Å²) in [5, 5.41) is 0.952. The summed E-state index contributed by atoms with van der Waals surface area (Å²) in [5.41, 5.74) is 3.36. The molecular weight excluding hydrogens is 670 g/mol. The number of methoxy groups -OCH3 is 2. The zero-order valence-electron chi connectivity index (χ0n) is 28.2. The number of para-hydroxylation sites is 1. The number of benzene rings is 4. The zero-order chi connectivity index (χ0) is 35.5. The second-order valence-electron chi connectivity index (χ2n) is 11.6. The van der Waals surface area contributed by atoms with Gasteiger partial charge in [0.25, 0.3) is 5.56 Å². The molecule has 0 N–H and O–H groups in total. The van der Waals surface area contributed by atoms with Gasteiger partial charge < -0.3 is 23.5 Å². The van der Waals surface area contributed by atoms with Crippen LogP contribution in [0.1, 0.15) is 29.7 Å². The molecule has 3 heterocycles. The smallest absolute Gasteiger partial charge is 0.338 e. The molecule has 258 valence electrons. The van der Waals surface area contributed by atoms with E-state index in [1.807, 2.05) is 66.9 Å². The van der Waals surface area contributed by atoms with E-state index in [1.54, 1.807) is 56.0 Å². The highest BCUT2D eigenvalue weighted by Gasteiger charge is 2.37. The predicted octanol–water partition coefficient (Wildman–Crippen LogP) is 6.13. The van der Waals surface area contributed by atoms with E-state index < -0.39 is 12.0 Å². The first-order chi connectivity index (χ1) is 24.9. The van der Waals surface area contributed by atoms with Gasteiger partial charge in [0.1, 0.15) is 35.7 Å². The highest BCUT2D eigenvalue weighted by atomic mass is 32.1. The largest absolute Gasteiger partial charge is 0.497 e. The Kier molecular flexibility index (Phi) is 9.54. The predicted molar refractivity (Wildman–Crippen MR) is 194 cm³/mol. The molecule has 0 saturated heterocycles. The molecule has 1 aliphatic rings. The number of carbonyl (C=O) groups excluding carboxylic acids is 1. The van der Waals surface area contributed by atoms with Crippen molar-refractivity contribution in [1.29, 1.82) is 0 Å². The van der Waals surface area contributed by atoms with Gasteiger partial charge in [-0.25, -0.2) is 14.2 Å². The van der Waals surface area contributed by atoms with Crippen molar-refractivity contribution in [2.24, 2.45) is 4.99 Å². The Balaban J connectivity index is 1.40. The van der Waals surface area contributed by atoms with Crippen LogP contribution in [0.4, 0.5) is 4.39 Å². The third-order valence-electron chi connectivity index (χ3n) is 8.63. The first kappa shape index (κ1) is 33.6. The van der Waals surface area contributed by atoms with Gasteiger partial charge in [-0.3, -0.25) is 9.36 Å². The number of carbonyl (C=O) groups is 1. The van der Waals surface area contributed by atoms with Crippen LogP contribution in [0.15, 0.2) is 119 Å². The highest BCUT2D eigenvalue weighted by Crippen LogP contribution is 2.40. The summed E-state index contributed by atoms with van der Waals surface area (Å²) in [7, 11) is 3.10. The van der Waals surface area contributed by atoms with E-state index in [0.29, 0.717) is 56.6 Å². The minimum Gasteiger partial charge on any atom is -0.497 e. The van der Waals surface area contributed by atoms with Gasteiger partial charge in [0.15, 0.2) is 4.80 Å². The van der Waals surface area contributed by atoms with Gasteiger partial charge >= 0.3 is 5.97 Å². The molecule has 1 aliphatic heterocycles. The number of rotatable bonds is 11. The molecule has 0 aliphatic carbocycles. The lowest BCUT2D eigenvalue weighted by atomic mass is 9.92. The van der Waals surface area contributed by atoms with Crippen molar-refractivity contribution >= 4 is 40.0 Å². The van der Waals surface area contributed by atoms with Crippen LogP contribution in [0.25, 0.3) is 22.7 Å². The Morgan fingerprint density at radius 1 is 0.941 bits per heavy atom. The summed E-state index contributed by atoms with van der Waals surface area (Å²) in [6.07, 6.45) is 3.85. The van der Waals surface area contributed by atoms with E-state index in [9.17, 15) is 14.0 Å². The van der Waals surface area contributed by atoms with E-state index in [4.69, 9.17) is 23.9 Å². The van der Waals surface area contributed by atoms with Gasteiger partial charge in [0.2, 0.25) is 0 Å². The fourth-order valence-corrected chi connectivity index (χ4v) is 7.29. The van der Waals surface area contributed by atoms with Crippen molar-refractivity contribution in [3.05, 3.63) is 151 Å². The Bertz CT molecular complexity index is 2450. The van der Waals surface area contributed by atoms with Crippen LogP contribution in [0, 0.1) is 5.82 Å². The fraction of sp³-hybridized carbons (Fsp3) is 0.175. The van der Waals surface area contributed by atoms with Gasteiger partial charge in [0.05, 0.1) is 43.2 Å². The highest BCUT2D eigenvalue weighted by molar-refractivity contribution is 7.07. The number of halogens is 1. The maximum atomic E-state index is 14.6. The first-order valence-corrected chi connectivity index (χ1v) is 17.2. The number of hydrogen-bond acceptors (Lipinski definition) is 8. The molecule has 0 radical (unpaired) electrons. The molecule has 2 aromatic heterocycles. The van der Waals surface area contributed by atoms with Crippen LogP contribution >= 0.6 is 11.3 Å². The van der Waals surface area contributed by atoms with Crippen molar-refractivity contribution in [2.45, 2.75) is 19.5 Å². The summed E-state index contributed by atoms with van der Waals surface area (Å²) >= 11 is 1.24. The summed E-state index contributed by atoms with van der Waals surface area (Å²) in [4.78, 5) is 33.9. The lowest BCUT2D eigenvalue weighted by Gasteiger charge is -2.27. The van der Waals surface area contributed by atoms with Crippen molar-refractivity contribution in [1.82, 2.24) is 9.13 Å². The van der Waals surface area contributed by atoms with Crippen molar-refractivity contribution in [3.63, 3.8) is 0 Å². The number of esters is 1. The Morgan fingerprint density at radius 2 is 1.69 bits per heavy atom. The zero-order valence-corrected chi connectivity index (χ0v) is 29.0. The van der Waals surface area contributed by atoms with Crippen molar-refractivity contribution in [2.75, 3.05) is 27.4 Å². The van der Waals surface area contributed by atoms with E-state index in [-0.39, 0.29) is 23.6 Å². The maximum absolute atomic E-state index is 14.6. The number of hydrogen-bond donors (Lipinski definition) is 0. The molecule has 0 saturated carbocycles. The van der Waals surface area contributed by atoms with E-state index in [0.717, 1.165) is 16.5 Å². The number of thiazole rings is 1. The standard InChI is InChI=1S/C40H34FN3O6S/c1-4-49-39(46)35-36(25-10-6-5-7-11-25)42-40-44(37(35)31-23-29(47-2)18-19-33(31)48-3)38(45)34(51-40)22-26-24-43(32-13-9-8-12-30(26)32)20-21-50-28-16-14-27(41)15-17-28/h5-19,22-24,37H,4,20-21H2,1-3H3. The molecular formula is C40H34FN3O6S. The SMILES string of the molecule is CCOC(=O)C1=C(c2ccccc2)N=c2sc(=Cc3cn(CCOc4ccc(F)cc4)c4ccccc34)c(=O)n2C1c1cc(OC)ccc1OC. The normalized spacial score (nSPS) is 14.3. The van der Waals surface area contributed by atoms with Gasteiger partial charge in [-0.2, -0.15) is 0 Å². The van der Waals surface area contributed by atoms with Gasteiger partial charge in [0, 0.05) is 33.8 Å². The summed E-state index contributed by atoms with van der Waals surface area (Å²) in [6.45, 7) is 2.75. The Hall–Kier alpha value is -5.94. The topological polar surface area (TPSA) is 93.3 Å². The molecule has 0 bridgehead atoms. The maximum Gasteiger partial charge on any atom is 0.338 e. The van der Waals surface area contributed by atoms with Crippen LogP contribution in [-0.2, 0) is 16.1 Å². The number of nitrogens with zero attached hydrogens (tertiary/aromatic N) is 3. The molecule has 6 aromatic rings. The molecule has 0 amide bonds. The van der Waals surface area contributed by atoms with Gasteiger partial charge in [-0.1, -0.05) is 59.9 Å². The fourth-order valence-electron chi connectivity index (χ4n) is 6.30. The Labute approximate surface area is 296 Å². The second kappa shape index (κ2) is 14.5. The van der Waals surface area contributed by atoms with Gasteiger partial charge in [-0.05, 0) is 61.5 Å². The molecule has 0 spiro atoms. The summed E-state index contributed by atoms with van der Waals surface area (Å²) < 4.78 is 40.3. The quantitative estimate of drug-likeness (QED) is 0.151.